The van der Waals surface area contributed by atoms with E-state index in [9.17, 15) is 19.8 Å². The third-order valence-electron chi connectivity index (χ3n) is 6.18. The number of amides is 1. The number of methoxy groups -OCH3 is 1. The molecule has 1 amide bonds. The van der Waals surface area contributed by atoms with Gasteiger partial charge in [0.2, 0.25) is 5.91 Å². The van der Waals surface area contributed by atoms with Crippen LogP contribution in [-0.2, 0) is 16.0 Å². The van der Waals surface area contributed by atoms with E-state index in [0.717, 1.165) is 36.1 Å². The Morgan fingerprint density at radius 2 is 1.76 bits per heavy atom. The molecule has 0 saturated heterocycles. The summed E-state index contributed by atoms with van der Waals surface area (Å²) in [6.45, 7) is 0.517. The molecule has 2 aromatic rings. The summed E-state index contributed by atoms with van der Waals surface area (Å²) in [6.07, 6.45) is 8.86. The number of carboxylic acid groups (broad SMARTS) is 1. The second kappa shape index (κ2) is 16.4. The van der Waals surface area contributed by atoms with Gasteiger partial charge in [-0.1, -0.05) is 42.8 Å². The van der Waals surface area contributed by atoms with Crippen molar-refractivity contribution in [2.45, 2.75) is 63.9 Å². The van der Waals surface area contributed by atoms with Crippen molar-refractivity contribution in [1.82, 2.24) is 4.90 Å². The summed E-state index contributed by atoms with van der Waals surface area (Å²) in [6, 6.07) is 13.4. The molecule has 202 valence electrons. The highest BCUT2D eigenvalue weighted by atomic mass is 16.5. The Morgan fingerprint density at radius 3 is 2.43 bits per heavy atom. The number of hydrogen-bond donors (Lipinski definition) is 2. The van der Waals surface area contributed by atoms with Crippen molar-refractivity contribution in [3.05, 3.63) is 65.2 Å². The van der Waals surface area contributed by atoms with E-state index in [1.807, 2.05) is 42.5 Å². The van der Waals surface area contributed by atoms with Gasteiger partial charge < -0.3 is 24.6 Å². The van der Waals surface area contributed by atoms with Crippen molar-refractivity contribution >= 4 is 18.0 Å². The van der Waals surface area contributed by atoms with E-state index in [4.69, 9.17) is 9.47 Å². The molecule has 0 spiro atoms. The fraction of sp³-hybridized carbons (Fsp3) is 0.467. The molecule has 7 heteroatoms. The van der Waals surface area contributed by atoms with Gasteiger partial charge in [0.15, 0.2) is 0 Å². The number of rotatable bonds is 17. The molecule has 0 heterocycles. The smallest absolute Gasteiger partial charge is 0.303 e. The van der Waals surface area contributed by atoms with Gasteiger partial charge in [-0.3, -0.25) is 9.59 Å². The molecule has 0 aliphatic rings. The number of carbonyl (C=O) groups is 2. The first-order valence-corrected chi connectivity index (χ1v) is 13.0. The number of benzene rings is 2. The number of carbonyl (C=O) groups excluding carboxylic acids is 1. The number of allylic oxidation sites excluding steroid dienone is 1. The van der Waals surface area contributed by atoms with Gasteiger partial charge in [0.25, 0.3) is 0 Å². The number of hydrogen-bond acceptors (Lipinski definition) is 5. The van der Waals surface area contributed by atoms with E-state index in [1.54, 1.807) is 26.1 Å². The maximum atomic E-state index is 11.8. The summed E-state index contributed by atoms with van der Waals surface area (Å²) in [5, 5.41) is 20.1. The molecule has 1 atom stereocenters. The maximum absolute atomic E-state index is 11.8. The molecular weight excluding hydrogens is 470 g/mol. The number of aliphatic hydroxyl groups excluding tert-OH is 1. The Bertz CT molecular complexity index is 1000. The number of aliphatic carboxylic acids is 1. The number of unbranched alkanes of at least 4 members (excludes halogenated alkanes) is 3. The van der Waals surface area contributed by atoms with Crippen LogP contribution in [0.4, 0.5) is 0 Å². The minimum Gasteiger partial charge on any atom is -0.497 e. The predicted molar refractivity (Wildman–Crippen MR) is 146 cm³/mol. The lowest BCUT2D eigenvalue weighted by Gasteiger charge is -2.19. The summed E-state index contributed by atoms with van der Waals surface area (Å²) < 4.78 is 11.2. The summed E-state index contributed by atoms with van der Waals surface area (Å²) in [7, 11) is 5.12. The molecule has 1 unspecified atom stereocenters. The first-order chi connectivity index (χ1) is 17.8. The highest BCUT2D eigenvalue weighted by Crippen LogP contribution is 2.31. The second-order valence-corrected chi connectivity index (χ2v) is 9.29. The number of aliphatic hydroxyl groups is 1. The van der Waals surface area contributed by atoms with E-state index < -0.39 is 12.1 Å². The Balaban J connectivity index is 1.88. The van der Waals surface area contributed by atoms with Crippen LogP contribution in [0.1, 0.15) is 74.2 Å². The van der Waals surface area contributed by atoms with E-state index in [0.29, 0.717) is 50.0 Å². The molecule has 37 heavy (non-hydrogen) atoms. The number of carboxylic acids is 1. The Hall–Kier alpha value is -3.32. The zero-order chi connectivity index (χ0) is 27.0. The van der Waals surface area contributed by atoms with E-state index in [1.165, 1.54) is 0 Å². The topological polar surface area (TPSA) is 96.3 Å². The second-order valence-electron chi connectivity index (χ2n) is 9.29. The average molecular weight is 512 g/mol. The summed E-state index contributed by atoms with van der Waals surface area (Å²) in [5.41, 5.74) is 2.58. The Morgan fingerprint density at radius 1 is 1.00 bits per heavy atom. The molecule has 2 N–H and O–H groups in total. The lowest BCUT2D eigenvalue weighted by atomic mass is 9.94. The monoisotopic (exact) mass is 511 g/mol. The molecule has 0 aliphatic carbocycles. The lowest BCUT2D eigenvalue weighted by molar-refractivity contribution is -0.137. The standard InChI is InChI=1S/C30H41NO6/c1-31(2)29(33)15-8-7-13-27(32)25-12-10-14-28(26(25)20-21-30(34)35)37-22-9-5-4-6-11-23-16-18-24(36-3)19-17-23/h6,10-12,14,16-19,27,32H,4-5,7-9,13,15,20-22H2,1-3H3,(H,34,35). The minimum absolute atomic E-state index is 0.0341. The van der Waals surface area contributed by atoms with Gasteiger partial charge in [0.1, 0.15) is 11.5 Å². The van der Waals surface area contributed by atoms with Crippen molar-refractivity contribution < 1.29 is 29.3 Å². The van der Waals surface area contributed by atoms with Crippen LogP contribution in [0.3, 0.4) is 0 Å². The van der Waals surface area contributed by atoms with Crippen molar-refractivity contribution in [2.24, 2.45) is 0 Å². The molecule has 0 aromatic heterocycles. The zero-order valence-corrected chi connectivity index (χ0v) is 22.3. The van der Waals surface area contributed by atoms with Crippen molar-refractivity contribution in [3.8, 4) is 11.5 Å². The van der Waals surface area contributed by atoms with Crippen LogP contribution in [0.25, 0.3) is 6.08 Å². The van der Waals surface area contributed by atoms with Crippen molar-refractivity contribution in [2.75, 3.05) is 27.8 Å². The third kappa shape index (κ3) is 11.1. The first kappa shape index (κ1) is 29.9. The molecular formula is C30H41NO6. The van der Waals surface area contributed by atoms with Gasteiger partial charge in [-0.25, -0.2) is 0 Å². The molecule has 2 rings (SSSR count). The molecule has 0 radical (unpaired) electrons. The lowest BCUT2D eigenvalue weighted by Crippen LogP contribution is -2.21. The van der Waals surface area contributed by atoms with Crippen LogP contribution in [0.5, 0.6) is 11.5 Å². The molecule has 2 aromatic carbocycles. The largest absolute Gasteiger partial charge is 0.497 e. The summed E-state index contributed by atoms with van der Waals surface area (Å²) >= 11 is 0. The molecule has 0 aliphatic heterocycles. The van der Waals surface area contributed by atoms with E-state index in [2.05, 4.69) is 12.2 Å². The zero-order valence-electron chi connectivity index (χ0n) is 22.3. The quantitative estimate of drug-likeness (QED) is 0.266. The Kier molecular flexibility index (Phi) is 13.3. The van der Waals surface area contributed by atoms with Gasteiger partial charge in [0.05, 0.1) is 19.8 Å². The van der Waals surface area contributed by atoms with Crippen LogP contribution in [0.2, 0.25) is 0 Å². The summed E-state index contributed by atoms with van der Waals surface area (Å²) in [5.74, 6) is 0.656. The van der Waals surface area contributed by atoms with Crippen LogP contribution in [0, 0.1) is 0 Å². The molecule has 7 nitrogen and oxygen atoms in total. The van der Waals surface area contributed by atoms with Gasteiger partial charge in [-0.05, 0) is 67.9 Å². The minimum atomic E-state index is -0.888. The molecule has 0 bridgehead atoms. The highest BCUT2D eigenvalue weighted by Gasteiger charge is 2.17. The third-order valence-corrected chi connectivity index (χ3v) is 6.18. The van der Waals surface area contributed by atoms with Crippen LogP contribution in [-0.4, -0.2) is 54.8 Å². The van der Waals surface area contributed by atoms with Gasteiger partial charge in [-0.2, -0.15) is 0 Å². The molecule has 0 saturated carbocycles. The van der Waals surface area contributed by atoms with Gasteiger partial charge in [-0.15, -0.1) is 0 Å². The average Bonchev–Trinajstić information content (AvgIpc) is 2.89. The fourth-order valence-electron chi connectivity index (χ4n) is 4.00. The number of ether oxygens (including phenoxy) is 2. The molecule has 0 fully saturated rings. The van der Waals surface area contributed by atoms with Crippen LogP contribution in [0.15, 0.2) is 48.5 Å². The van der Waals surface area contributed by atoms with E-state index >= 15 is 0 Å². The van der Waals surface area contributed by atoms with Gasteiger partial charge in [0, 0.05) is 32.5 Å². The van der Waals surface area contributed by atoms with Crippen LogP contribution >= 0.6 is 0 Å². The van der Waals surface area contributed by atoms with Crippen molar-refractivity contribution in [1.29, 1.82) is 0 Å². The van der Waals surface area contributed by atoms with Crippen LogP contribution < -0.4 is 9.47 Å². The normalized spacial score (nSPS) is 11.9. The maximum Gasteiger partial charge on any atom is 0.303 e. The Labute approximate surface area is 220 Å². The number of nitrogens with zero attached hydrogens (tertiary/aromatic N) is 1. The van der Waals surface area contributed by atoms with E-state index in [-0.39, 0.29) is 12.3 Å². The fourth-order valence-corrected chi connectivity index (χ4v) is 4.00. The van der Waals surface area contributed by atoms with Gasteiger partial charge >= 0.3 is 5.97 Å². The SMILES string of the molecule is COc1ccc(C=CCCCCOc2cccc(C(O)CCCCC(=O)N(C)C)c2CCC(=O)O)cc1. The van der Waals surface area contributed by atoms with Crippen molar-refractivity contribution in [3.63, 3.8) is 0 Å². The predicted octanol–water partition coefficient (Wildman–Crippen LogP) is 5.66. The summed E-state index contributed by atoms with van der Waals surface area (Å²) in [4.78, 5) is 24.6. The first-order valence-electron chi connectivity index (χ1n) is 13.0. The highest BCUT2D eigenvalue weighted by molar-refractivity contribution is 5.75.